The van der Waals surface area contributed by atoms with Crippen LogP contribution in [0.3, 0.4) is 0 Å². The van der Waals surface area contributed by atoms with Gasteiger partial charge < -0.3 is 20.6 Å². The molecule has 1 aromatic carbocycles. The quantitative estimate of drug-likeness (QED) is 0.273. The molecule has 5 nitrogen and oxygen atoms in total. The average molecular weight is 272 g/mol. The number of oxime groups is 1. The maximum absolute atomic E-state index is 8.61. The molecule has 6 heteroatoms. The number of halogens is 1. The van der Waals surface area contributed by atoms with Gasteiger partial charge in [0.25, 0.3) is 0 Å². The number of ether oxygens (including phenoxy) is 1. The van der Waals surface area contributed by atoms with Crippen molar-refractivity contribution in [2.24, 2.45) is 10.9 Å². The Labute approximate surface area is 112 Å². The second-order valence-corrected chi connectivity index (χ2v) is 4.18. The molecule has 100 valence electrons. The Balaban J connectivity index is 2.77. The number of rotatable bonds is 6. The van der Waals surface area contributed by atoms with Crippen LogP contribution in [0.15, 0.2) is 23.4 Å². The Hall–Kier alpha value is -1.46. The SMILES string of the molecule is CCOCCN(C)c1ccc(/C(N)=N/O)c(Cl)c1. The normalized spacial score (nSPS) is 11.6. The molecule has 0 spiro atoms. The summed E-state index contributed by atoms with van der Waals surface area (Å²) in [5.74, 6) is 0.00326. The van der Waals surface area contributed by atoms with E-state index in [0.717, 1.165) is 12.2 Å². The van der Waals surface area contributed by atoms with Crippen molar-refractivity contribution in [3.05, 3.63) is 28.8 Å². The highest BCUT2D eigenvalue weighted by Crippen LogP contribution is 2.22. The molecule has 0 aliphatic carbocycles. The highest BCUT2D eigenvalue weighted by atomic mass is 35.5. The van der Waals surface area contributed by atoms with Crippen LogP contribution in [-0.4, -0.2) is 37.8 Å². The van der Waals surface area contributed by atoms with Crippen LogP contribution >= 0.6 is 11.6 Å². The maximum atomic E-state index is 8.61. The number of amidine groups is 1. The van der Waals surface area contributed by atoms with Crippen LogP contribution in [0.4, 0.5) is 5.69 Å². The van der Waals surface area contributed by atoms with E-state index in [9.17, 15) is 0 Å². The number of anilines is 1. The Morgan fingerprint density at radius 2 is 2.28 bits per heavy atom. The molecule has 0 bridgehead atoms. The van der Waals surface area contributed by atoms with Crippen LogP contribution in [0.2, 0.25) is 5.02 Å². The fourth-order valence-corrected chi connectivity index (χ4v) is 1.75. The van der Waals surface area contributed by atoms with E-state index < -0.39 is 0 Å². The summed E-state index contributed by atoms with van der Waals surface area (Å²) in [4.78, 5) is 2.03. The second-order valence-electron chi connectivity index (χ2n) is 3.77. The molecule has 1 aromatic rings. The highest BCUT2D eigenvalue weighted by molar-refractivity contribution is 6.34. The highest BCUT2D eigenvalue weighted by Gasteiger charge is 2.08. The lowest BCUT2D eigenvalue weighted by Gasteiger charge is -2.19. The van der Waals surface area contributed by atoms with E-state index in [4.69, 9.17) is 27.3 Å². The number of hydrogen-bond donors (Lipinski definition) is 2. The minimum atomic E-state index is 0.00326. The van der Waals surface area contributed by atoms with Gasteiger partial charge in [0.2, 0.25) is 0 Å². The summed E-state index contributed by atoms with van der Waals surface area (Å²) >= 11 is 6.08. The summed E-state index contributed by atoms with van der Waals surface area (Å²) in [6.07, 6.45) is 0. The van der Waals surface area contributed by atoms with Gasteiger partial charge in [0.05, 0.1) is 11.6 Å². The molecule has 0 heterocycles. The Bertz CT molecular complexity index is 424. The zero-order valence-corrected chi connectivity index (χ0v) is 11.3. The fourth-order valence-electron chi connectivity index (χ4n) is 1.48. The van der Waals surface area contributed by atoms with Crippen LogP contribution < -0.4 is 10.6 Å². The average Bonchev–Trinajstić information content (AvgIpc) is 2.38. The zero-order valence-electron chi connectivity index (χ0n) is 10.6. The lowest BCUT2D eigenvalue weighted by molar-refractivity contribution is 0.154. The molecule has 18 heavy (non-hydrogen) atoms. The first-order valence-corrected chi connectivity index (χ1v) is 6.04. The van der Waals surface area contributed by atoms with Gasteiger partial charge in [0, 0.05) is 31.5 Å². The first-order chi connectivity index (χ1) is 8.60. The van der Waals surface area contributed by atoms with Crippen molar-refractivity contribution < 1.29 is 9.94 Å². The van der Waals surface area contributed by atoms with Gasteiger partial charge in [0.1, 0.15) is 0 Å². The standard InChI is InChI=1S/C12H18ClN3O2/c1-3-18-7-6-16(2)9-4-5-10(11(13)8-9)12(14)15-17/h4-5,8,17H,3,6-7H2,1-2H3,(H2,14,15). The molecule has 0 aliphatic rings. The molecular weight excluding hydrogens is 254 g/mol. The predicted octanol–water partition coefficient (Wildman–Crippen LogP) is 1.91. The molecular formula is C12H18ClN3O2. The van der Waals surface area contributed by atoms with Gasteiger partial charge >= 0.3 is 0 Å². The van der Waals surface area contributed by atoms with Crippen LogP contribution in [0.5, 0.6) is 0 Å². The first kappa shape index (κ1) is 14.6. The van der Waals surface area contributed by atoms with Gasteiger partial charge in [-0.15, -0.1) is 0 Å². The third-order valence-corrected chi connectivity index (χ3v) is 2.86. The van der Waals surface area contributed by atoms with Crippen molar-refractivity contribution in [2.45, 2.75) is 6.92 Å². The number of nitrogens with two attached hydrogens (primary N) is 1. The Morgan fingerprint density at radius 1 is 1.56 bits per heavy atom. The second kappa shape index (κ2) is 7.08. The number of nitrogens with zero attached hydrogens (tertiary/aromatic N) is 2. The van der Waals surface area contributed by atoms with Gasteiger partial charge in [-0.3, -0.25) is 0 Å². The molecule has 0 saturated heterocycles. The molecule has 0 unspecified atom stereocenters. The Kier molecular flexibility index (Phi) is 5.74. The van der Waals surface area contributed by atoms with Crippen molar-refractivity contribution in [1.82, 2.24) is 0 Å². The molecule has 0 aromatic heterocycles. The summed E-state index contributed by atoms with van der Waals surface area (Å²) in [7, 11) is 1.95. The van der Waals surface area contributed by atoms with Crippen LogP contribution in [-0.2, 0) is 4.74 Å². The van der Waals surface area contributed by atoms with E-state index in [0.29, 0.717) is 23.8 Å². The first-order valence-electron chi connectivity index (χ1n) is 5.66. The molecule has 0 amide bonds. The molecule has 0 fully saturated rings. The number of hydrogen-bond acceptors (Lipinski definition) is 4. The van der Waals surface area contributed by atoms with E-state index in [1.807, 2.05) is 24.9 Å². The van der Waals surface area contributed by atoms with Crippen LogP contribution in [0, 0.1) is 0 Å². The number of benzene rings is 1. The largest absolute Gasteiger partial charge is 0.409 e. The lowest BCUT2D eigenvalue weighted by Crippen LogP contribution is -2.23. The van der Waals surface area contributed by atoms with Crippen molar-refractivity contribution in [1.29, 1.82) is 0 Å². The molecule has 0 aliphatic heterocycles. The Morgan fingerprint density at radius 3 is 2.83 bits per heavy atom. The zero-order chi connectivity index (χ0) is 13.5. The summed E-state index contributed by atoms with van der Waals surface area (Å²) in [6, 6.07) is 5.37. The van der Waals surface area contributed by atoms with Crippen LogP contribution in [0.1, 0.15) is 12.5 Å². The minimum absolute atomic E-state index is 0.00326. The van der Waals surface area contributed by atoms with Crippen LogP contribution in [0.25, 0.3) is 0 Å². The van der Waals surface area contributed by atoms with E-state index in [2.05, 4.69) is 5.16 Å². The molecule has 1 rings (SSSR count). The molecule has 0 atom stereocenters. The molecule has 0 saturated carbocycles. The van der Waals surface area contributed by atoms with Crippen molar-refractivity contribution in [3.8, 4) is 0 Å². The van der Waals surface area contributed by atoms with Gasteiger partial charge in [-0.2, -0.15) is 0 Å². The van der Waals surface area contributed by atoms with E-state index in [1.54, 1.807) is 12.1 Å². The molecule has 3 N–H and O–H groups in total. The van der Waals surface area contributed by atoms with Gasteiger partial charge in [-0.1, -0.05) is 16.8 Å². The van der Waals surface area contributed by atoms with Gasteiger partial charge in [0.15, 0.2) is 5.84 Å². The van der Waals surface area contributed by atoms with Crippen molar-refractivity contribution >= 4 is 23.1 Å². The summed E-state index contributed by atoms with van der Waals surface area (Å²) in [6.45, 7) is 4.10. The van der Waals surface area contributed by atoms with E-state index in [1.165, 1.54) is 0 Å². The summed E-state index contributed by atoms with van der Waals surface area (Å²) in [5.41, 5.74) is 6.97. The summed E-state index contributed by atoms with van der Waals surface area (Å²) in [5, 5.41) is 12.0. The van der Waals surface area contributed by atoms with E-state index in [-0.39, 0.29) is 5.84 Å². The van der Waals surface area contributed by atoms with Crippen molar-refractivity contribution in [3.63, 3.8) is 0 Å². The third-order valence-electron chi connectivity index (χ3n) is 2.55. The lowest BCUT2D eigenvalue weighted by atomic mass is 10.2. The third kappa shape index (κ3) is 3.78. The molecule has 0 radical (unpaired) electrons. The van der Waals surface area contributed by atoms with E-state index >= 15 is 0 Å². The van der Waals surface area contributed by atoms with Gasteiger partial charge in [-0.05, 0) is 25.1 Å². The smallest absolute Gasteiger partial charge is 0.171 e. The number of likely N-dealkylation sites (N-methyl/N-ethyl adjacent to an activating group) is 1. The van der Waals surface area contributed by atoms with Crippen molar-refractivity contribution in [2.75, 3.05) is 31.7 Å². The topological polar surface area (TPSA) is 71.1 Å². The fraction of sp³-hybridized carbons (Fsp3) is 0.417. The minimum Gasteiger partial charge on any atom is -0.409 e. The van der Waals surface area contributed by atoms with Gasteiger partial charge in [-0.25, -0.2) is 0 Å². The monoisotopic (exact) mass is 271 g/mol. The summed E-state index contributed by atoms with van der Waals surface area (Å²) < 4.78 is 5.29. The predicted molar refractivity (Wildman–Crippen MR) is 73.7 cm³/mol. The maximum Gasteiger partial charge on any atom is 0.171 e.